The number of aryl methyl sites for hydroxylation is 2. The molecule has 0 spiro atoms. The average Bonchev–Trinajstić information content (AvgIpc) is 2.76. The van der Waals surface area contributed by atoms with Crippen LogP contribution in [-0.4, -0.2) is 5.08 Å². The number of benzene rings is 4. The van der Waals surface area contributed by atoms with Crippen LogP contribution in [0, 0.1) is 13.8 Å². The Morgan fingerprint density at radius 1 is 0.414 bits per heavy atom. The van der Waals surface area contributed by atoms with E-state index in [1.807, 2.05) is 23.5 Å². The SMILES string of the molecule is Cc1ccc(SCSc2ccc(-c3ccc(-c4ccc(C)cc4)cc3)cc2)cc1. The van der Waals surface area contributed by atoms with Crippen molar-refractivity contribution in [2.75, 3.05) is 5.08 Å². The van der Waals surface area contributed by atoms with Crippen LogP contribution in [0.5, 0.6) is 0 Å². The van der Waals surface area contributed by atoms with Crippen molar-refractivity contribution >= 4 is 23.5 Å². The van der Waals surface area contributed by atoms with Gasteiger partial charge in [-0.05, 0) is 60.4 Å². The summed E-state index contributed by atoms with van der Waals surface area (Å²) in [6.45, 7) is 4.25. The molecule has 0 aromatic heterocycles. The zero-order valence-corrected chi connectivity index (χ0v) is 18.4. The molecule has 4 rings (SSSR count). The molecular weight excluding hydrogens is 388 g/mol. The highest BCUT2D eigenvalue weighted by molar-refractivity contribution is 8.16. The van der Waals surface area contributed by atoms with Crippen molar-refractivity contribution in [3.63, 3.8) is 0 Å². The van der Waals surface area contributed by atoms with E-state index in [9.17, 15) is 0 Å². The molecule has 0 nitrogen and oxygen atoms in total. The summed E-state index contributed by atoms with van der Waals surface area (Å²) in [6, 6.07) is 35.2. The molecule has 0 N–H and O–H groups in total. The minimum absolute atomic E-state index is 1.02. The van der Waals surface area contributed by atoms with E-state index < -0.39 is 0 Å². The van der Waals surface area contributed by atoms with E-state index >= 15 is 0 Å². The second kappa shape index (κ2) is 9.39. The first kappa shape index (κ1) is 19.9. The molecule has 0 radical (unpaired) electrons. The van der Waals surface area contributed by atoms with Gasteiger partial charge in [0.25, 0.3) is 0 Å². The number of hydrogen-bond donors (Lipinski definition) is 0. The minimum atomic E-state index is 1.02. The van der Waals surface area contributed by atoms with Crippen LogP contribution in [0.15, 0.2) is 107 Å². The van der Waals surface area contributed by atoms with Crippen molar-refractivity contribution in [1.82, 2.24) is 0 Å². The van der Waals surface area contributed by atoms with Crippen LogP contribution in [0.3, 0.4) is 0 Å². The van der Waals surface area contributed by atoms with E-state index in [0.717, 1.165) is 5.08 Å². The van der Waals surface area contributed by atoms with Gasteiger partial charge in [-0.15, -0.1) is 23.5 Å². The Hall–Kier alpha value is -2.42. The van der Waals surface area contributed by atoms with Crippen LogP contribution >= 0.6 is 23.5 Å². The van der Waals surface area contributed by atoms with Gasteiger partial charge in [0, 0.05) is 14.9 Å². The fourth-order valence-electron chi connectivity index (χ4n) is 3.14. The molecule has 0 aliphatic heterocycles. The molecule has 0 aliphatic carbocycles. The van der Waals surface area contributed by atoms with E-state index in [1.165, 1.54) is 43.2 Å². The lowest BCUT2D eigenvalue weighted by atomic mass is 10.00. The number of hydrogen-bond acceptors (Lipinski definition) is 2. The Kier molecular flexibility index (Phi) is 6.43. The fourth-order valence-corrected chi connectivity index (χ4v) is 5.13. The standard InChI is InChI=1S/C27H24S2/c1-20-3-7-22(8-4-20)23-9-11-24(12-10-23)25-13-17-27(18-14-25)29-19-28-26-15-5-21(2)6-16-26/h3-18H,19H2,1-2H3. The van der Waals surface area contributed by atoms with E-state index in [4.69, 9.17) is 0 Å². The normalized spacial score (nSPS) is 10.8. The number of rotatable bonds is 6. The van der Waals surface area contributed by atoms with Gasteiger partial charge in [-0.2, -0.15) is 0 Å². The molecule has 4 aromatic rings. The molecule has 0 saturated heterocycles. The maximum absolute atomic E-state index is 2.23. The second-order valence-corrected chi connectivity index (χ2v) is 9.65. The largest absolute Gasteiger partial charge is 0.115 e. The second-order valence-electron chi connectivity index (χ2n) is 7.19. The summed E-state index contributed by atoms with van der Waals surface area (Å²) in [7, 11) is 0. The van der Waals surface area contributed by atoms with E-state index in [1.54, 1.807) is 0 Å². The van der Waals surface area contributed by atoms with Crippen molar-refractivity contribution in [3.05, 3.63) is 108 Å². The van der Waals surface area contributed by atoms with Crippen LogP contribution in [-0.2, 0) is 0 Å². The van der Waals surface area contributed by atoms with Gasteiger partial charge in [-0.1, -0.05) is 83.9 Å². The first-order valence-corrected chi connectivity index (χ1v) is 11.7. The number of thioether (sulfide) groups is 2. The zero-order valence-electron chi connectivity index (χ0n) is 16.8. The predicted octanol–water partition coefficient (Wildman–Crippen LogP) is 8.48. The van der Waals surface area contributed by atoms with Crippen LogP contribution in [0.2, 0.25) is 0 Å². The Balaban J connectivity index is 1.37. The maximum atomic E-state index is 2.23. The summed E-state index contributed by atoms with van der Waals surface area (Å²) < 4.78 is 0. The summed E-state index contributed by atoms with van der Waals surface area (Å²) in [5, 5.41) is 1.02. The molecule has 0 fully saturated rings. The highest BCUT2D eigenvalue weighted by Gasteiger charge is 2.02. The van der Waals surface area contributed by atoms with Gasteiger partial charge in [-0.3, -0.25) is 0 Å². The Bertz CT molecular complexity index is 1050. The van der Waals surface area contributed by atoms with Crippen LogP contribution in [0.4, 0.5) is 0 Å². The summed E-state index contributed by atoms with van der Waals surface area (Å²) in [5.74, 6) is 0. The van der Waals surface area contributed by atoms with Crippen LogP contribution in [0.1, 0.15) is 11.1 Å². The van der Waals surface area contributed by atoms with Gasteiger partial charge in [0.2, 0.25) is 0 Å². The van der Waals surface area contributed by atoms with Crippen LogP contribution < -0.4 is 0 Å². The third kappa shape index (κ3) is 5.35. The van der Waals surface area contributed by atoms with Crippen molar-refractivity contribution in [2.45, 2.75) is 23.6 Å². The first-order valence-electron chi connectivity index (χ1n) is 9.77. The molecular formula is C27H24S2. The molecule has 0 saturated carbocycles. The molecule has 0 aliphatic rings. The molecule has 0 atom stereocenters. The lowest BCUT2D eigenvalue weighted by molar-refractivity contribution is 1.38. The molecule has 4 aromatic carbocycles. The smallest absolute Gasteiger partial charge is 0.0486 e. The van der Waals surface area contributed by atoms with Gasteiger partial charge < -0.3 is 0 Å². The molecule has 0 heterocycles. The Morgan fingerprint density at radius 3 is 1.10 bits per heavy atom. The zero-order chi connectivity index (χ0) is 20.1. The van der Waals surface area contributed by atoms with Crippen LogP contribution in [0.25, 0.3) is 22.3 Å². The summed E-state index contributed by atoms with van der Waals surface area (Å²) in [6.07, 6.45) is 0. The van der Waals surface area contributed by atoms with E-state index in [0.29, 0.717) is 0 Å². The summed E-state index contributed by atoms with van der Waals surface area (Å²) >= 11 is 3.77. The lowest BCUT2D eigenvalue weighted by Crippen LogP contribution is -1.82. The van der Waals surface area contributed by atoms with Crippen molar-refractivity contribution in [1.29, 1.82) is 0 Å². The van der Waals surface area contributed by atoms with E-state index in [2.05, 4.69) is 111 Å². The fraction of sp³-hybridized carbons (Fsp3) is 0.111. The van der Waals surface area contributed by atoms with Crippen molar-refractivity contribution in [3.8, 4) is 22.3 Å². The molecule has 0 unspecified atom stereocenters. The maximum Gasteiger partial charge on any atom is 0.0486 e. The summed E-state index contributed by atoms with van der Waals surface area (Å²) in [5.41, 5.74) is 7.64. The highest BCUT2D eigenvalue weighted by Crippen LogP contribution is 2.30. The third-order valence-corrected chi connectivity index (χ3v) is 7.08. The van der Waals surface area contributed by atoms with E-state index in [-0.39, 0.29) is 0 Å². The van der Waals surface area contributed by atoms with Gasteiger partial charge >= 0.3 is 0 Å². The molecule has 29 heavy (non-hydrogen) atoms. The van der Waals surface area contributed by atoms with Gasteiger partial charge in [0.15, 0.2) is 0 Å². The topological polar surface area (TPSA) is 0 Å². The minimum Gasteiger partial charge on any atom is -0.115 e. The highest BCUT2D eigenvalue weighted by atomic mass is 32.2. The van der Waals surface area contributed by atoms with Crippen molar-refractivity contribution in [2.24, 2.45) is 0 Å². The summed E-state index contributed by atoms with van der Waals surface area (Å²) in [4.78, 5) is 2.64. The molecule has 2 heteroatoms. The van der Waals surface area contributed by atoms with Gasteiger partial charge in [0.05, 0.1) is 0 Å². The third-order valence-electron chi connectivity index (χ3n) is 4.93. The monoisotopic (exact) mass is 412 g/mol. The average molecular weight is 413 g/mol. The molecule has 144 valence electrons. The predicted molar refractivity (Wildman–Crippen MR) is 130 cm³/mol. The Morgan fingerprint density at radius 2 is 0.690 bits per heavy atom. The quantitative estimate of drug-likeness (QED) is 0.230. The first-order chi connectivity index (χ1) is 14.2. The molecule has 0 amide bonds. The van der Waals surface area contributed by atoms with Crippen molar-refractivity contribution < 1.29 is 0 Å². The van der Waals surface area contributed by atoms with Gasteiger partial charge in [0.1, 0.15) is 0 Å². The Labute approximate surface area is 182 Å². The molecule has 0 bridgehead atoms. The van der Waals surface area contributed by atoms with Gasteiger partial charge in [-0.25, -0.2) is 0 Å². The lowest BCUT2D eigenvalue weighted by Gasteiger charge is -2.07.